The van der Waals surface area contributed by atoms with Crippen LogP contribution in [0.2, 0.25) is 0 Å². The highest BCUT2D eigenvalue weighted by molar-refractivity contribution is 5.75. The molecule has 0 unspecified atom stereocenters. The predicted molar refractivity (Wildman–Crippen MR) is 71.9 cm³/mol. The number of imidazole rings is 1. The fourth-order valence-corrected chi connectivity index (χ4v) is 2.15. The Morgan fingerprint density at radius 1 is 1.20 bits per heavy atom. The van der Waals surface area contributed by atoms with Gasteiger partial charge in [0, 0.05) is 11.6 Å². The summed E-state index contributed by atoms with van der Waals surface area (Å²) in [5, 5.41) is 10.7. The van der Waals surface area contributed by atoms with Crippen LogP contribution in [-0.2, 0) is 6.54 Å². The molecule has 3 rings (SSSR count). The van der Waals surface area contributed by atoms with Gasteiger partial charge in [0.25, 0.3) is 0 Å². The van der Waals surface area contributed by atoms with Crippen LogP contribution in [-0.4, -0.2) is 14.5 Å². The lowest BCUT2D eigenvalue weighted by molar-refractivity contribution is -0.387. The maximum atomic E-state index is 14.0. The van der Waals surface area contributed by atoms with E-state index in [9.17, 15) is 14.5 Å². The number of para-hydroxylation sites is 2. The summed E-state index contributed by atoms with van der Waals surface area (Å²) in [5.41, 5.74) is 1.42. The van der Waals surface area contributed by atoms with E-state index >= 15 is 0 Å². The molecule has 1 aromatic heterocycles. The average molecular weight is 271 g/mol. The number of fused-ring (bicyclic) bond motifs is 1. The Kier molecular flexibility index (Phi) is 2.90. The standard InChI is InChI=1S/C14H10FN3O2/c15-14-10(4-3-7-13(14)18(19)20)8-17-9-16-11-5-1-2-6-12(11)17/h1-7,9H,8H2. The molecule has 0 radical (unpaired) electrons. The van der Waals surface area contributed by atoms with Crippen LogP contribution in [0.25, 0.3) is 11.0 Å². The second-order valence-electron chi connectivity index (χ2n) is 4.37. The zero-order valence-corrected chi connectivity index (χ0v) is 10.4. The van der Waals surface area contributed by atoms with Crippen molar-refractivity contribution in [3.05, 3.63) is 70.3 Å². The van der Waals surface area contributed by atoms with E-state index in [0.29, 0.717) is 0 Å². The Morgan fingerprint density at radius 2 is 2.00 bits per heavy atom. The van der Waals surface area contributed by atoms with E-state index in [1.165, 1.54) is 12.1 Å². The number of nitro groups is 1. The third kappa shape index (κ3) is 2.01. The molecule has 20 heavy (non-hydrogen) atoms. The Morgan fingerprint density at radius 3 is 2.80 bits per heavy atom. The normalized spacial score (nSPS) is 10.8. The second-order valence-corrected chi connectivity index (χ2v) is 4.37. The van der Waals surface area contributed by atoms with Gasteiger partial charge in [0.2, 0.25) is 5.82 Å². The van der Waals surface area contributed by atoms with Crippen LogP contribution in [0.5, 0.6) is 0 Å². The average Bonchev–Trinajstić information content (AvgIpc) is 2.84. The van der Waals surface area contributed by atoms with Gasteiger partial charge in [-0.2, -0.15) is 4.39 Å². The van der Waals surface area contributed by atoms with Crippen molar-refractivity contribution in [2.24, 2.45) is 0 Å². The van der Waals surface area contributed by atoms with Gasteiger partial charge in [-0.25, -0.2) is 4.98 Å². The Labute approximate surface area is 113 Å². The Hall–Kier alpha value is -2.76. The fraction of sp³-hybridized carbons (Fsp3) is 0.0714. The minimum absolute atomic E-state index is 0.202. The SMILES string of the molecule is O=[N+]([O-])c1cccc(Cn2cnc3ccccc32)c1F. The van der Waals surface area contributed by atoms with Crippen molar-refractivity contribution in [2.75, 3.05) is 0 Å². The van der Waals surface area contributed by atoms with Gasteiger partial charge < -0.3 is 4.57 Å². The molecule has 3 aromatic rings. The van der Waals surface area contributed by atoms with E-state index in [1.54, 1.807) is 10.9 Å². The smallest absolute Gasteiger partial charge is 0.305 e. The molecule has 2 aromatic carbocycles. The zero-order chi connectivity index (χ0) is 14.1. The van der Waals surface area contributed by atoms with E-state index in [2.05, 4.69) is 4.98 Å². The van der Waals surface area contributed by atoms with Crippen molar-refractivity contribution >= 4 is 16.7 Å². The highest BCUT2D eigenvalue weighted by Crippen LogP contribution is 2.22. The molecule has 0 aliphatic heterocycles. The van der Waals surface area contributed by atoms with Crippen molar-refractivity contribution in [3.8, 4) is 0 Å². The number of rotatable bonds is 3. The molecule has 6 heteroatoms. The molecule has 0 saturated heterocycles. The zero-order valence-electron chi connectivity index (χ0n) is 10.4. The highest BCUT2D eigenvalue weighted by Gasteiger charge is 2.17. The summed E-state index contributed by atoms with van der Waals surface area (Å²) < 4.78 is 15.8. The van der Waals surface area contributed by atoms with Crippen LogP contribution >= 0.6 is 0 Å². The summed E-state index contributed by atoms with van der Waals surface area (Å²) in [6, 6.07) is 11.6. The predicted octanol–water partition coefficient (Wildman–Crippen LogP) is 3.13. The minimum Gasteiger partial charge on any atom is -0.326 e. The summed E-state index contributed by atoms with van der Waals surface area (Å²) in [6.07, 6.45) is 1.60. The monoisotopic (exact) mass is 271 g/mol. The van der Waals surface area contributed by atoms with Gasteiger partial charge >= 0.3 is 5.69 Å². The highest BCUT2D eigenvalue weighted by atomic mass is 19.1. The first-order valence-corrected chi connectivity index (χ1v) is 5.98. The lowest BCUT2D eigenvalue weighted by atomic mass is 10.2. The molecule has 5 nitrogen and oxygen atoms in total. The van der Waals surface area contributed by atoms with Crippen molar-refractivity contribution in [1.82, 2.24) is 9.55 Å². The van der Waals surface area contributed by atoms with E-state index in [1.807, 2.05) is 24.3 Å². The number of aromatic nitrogens is 2. The molecule has 0 fully saturated rings. The first-order chi connectivity index (χ1) is 9.66. The topological polar surface area (TPSA) is 61.0 Å². The summed E-state index contributed by atoms with van der Waals surface area (Å²) in [7, 11) is 0. The molecular weight excluding hydrogens is 261 g/mol. The summed E-state index contributed by atoms with van der Waals surface area (Å²) in [6.45, 7) is 0.202. The molecule has 0 N–H and O–H groups in total. The lowest BCUT2D eigenvalue weighted by Gasteiger charge is -2.06. The number of hydrogen-bond acceptors (Lipinski definition) is 3. The molecule has 0 atom stereocenters. The van der Waals surface area contributed by atoms with E-state index in [-0.39, 0.29) is 12.1 Å². The Balaban J connectivity index is 2.03. The first kappa shape index (κ1) is 12.3. The van der Waals surface area contributed by atoms with Crippen molar-refractivity contribution < 1.29 is 9.31 Å². The van der Waals surface area contributed by atoms with E-state index < -0.39 is 16.4 Å². The minimum atomic E-state index is -0.796. The van der Waals surface area contributed by atoms with Gasteiger partial charge in [0.1, 0.15) is 0 Å². The summed E-state index contributed by atoms with van der Waals surface area (Å²) in [5.74, 6) is -0.796. The van der Waals surface area contributed by atoms with Crippen molar-refractivity contribution in [1.29, 1.82) is 0 Å². The van der Waals surface area contributed by atoms with Crippen LogP contribution in [0.1, 0.15) is 5.56 Å². The molecule has 0 aliphatic carbocycles. The maximum absolute atomic E-state index is 14.0. The van der Waals surface area contributed by atoms with Gasteiger partial charge in [-0.1, -0.05) is 24.3 Å². The molecule has 0 spiro atoms. The molecule has 0 saturated carbocycles. The Bertz CT molecular complexity index is 798. The maximum Gasteiger partial charge on any atom is 0.305 e. The van der Waals surface area contributed by atoms with Crippen molar-refractivity contribution in [2.45, 2.75) is 6.54 Å². The van der Waals surface area contributed by atoms with Gasteiger partial charge in [0.15, 0.2) is 0 Å². The van der Waals surface area contributed by atoms with Crippen LogP contribution in [0, 0.1) is 15.9 Å². The number of hydrogen-bond donors (Lipinski definition) is 0. The lowest BCUT2D eigenvalue weighted by Crippen LogP contribution is -2.03. The largest absolute Gasteiger partial charge is 0.326 e. The number of nitro benzene ring substituents is 1. The number of halogens is 1. The summed E-state index contributed by atoms with van der Waals surface area (Å²) in [4.78, 5) is 14.2. The molecule has 0 amide bonds. The molecule has 0 bridgehead atoms. The van der Waals surface area contributed by atoms with Crippen molar-refractivity contribution in [3.63, 3.8) is 0 Å². The van der Waals surface area contributed by atoms with Crippen LogP contribution in [0.3, 0.4) is 0 Å². The molecule has 0 aliphatic rings. The van der Waals surface area contributed by atoms with E-state index in [4.69, 9.17) is 0 Å². The molecular formula is C14H10FN3O2. The van der Waals surface area contributed by atoms with Gasteiger partial charge in [-0.3, -0.25) is 10.1 Å². The van der Waals surface area contributed by atoms with Crippen LogP contribution in [0.15, 0.2) is 48.8 Å². The molecule has 1 heterocycles. The van der Waals surface area contributed by atoms with Gasteiger partial charge in [-0.05, 0) is 12.1 Å². The van der Waals surface area contributed by atoms with Gasteiger partial charge in [-0.15, -0.1) is 0 Å². The quantitative estimate of drug-likeness (QED) is 0.543. The van der Waals surface area contributed by atoms with Gasteiger partial charge in [0.05, 0.1) is 28.8 Å². The van der Waals surface area contributed by atoms with Crippen LogP contribution in [0.4, 0.5) is 10.1 Å². The first-order valence-electron chi connectivity index (χ1n) is 5.98. The fourth-order valence-electron chi connectivity index (χ4n) is 2.15. The van der Waals surface area contributed by atoms with Crippen LogP contribution < -0.4 is 0 Å². The van der Waals surface area contributed by atoms with E-state index in [0.717, 1.165) is 17.1 Å². The third-order valence-electron chi connectivity index (χ3n) is 3.12. The third-order valence-corrected chi connectivity index (χ3v) is 3.12. The number of nitrogens with zero attached hydrogens (tertiary/aromatic N) is 3. The molecule has 100 valence electrons. The summed E-state index contributed by atoms with van der Waals surface area (Å²) >= 11 is 0. The second kappa shape index (κ2) is 4.73. The number of benzene rings is 2.